The van der Waals surface area contributed by atoms with Gasteiger partial charge in [0.15, 0.2) is 0 Å². The van der Waals surface area contributed by atoms with Crippen LogP contribution in [0.3, 0.4) is 0 Å². The van der Waals surface area contributed by atoms with Crippen molar-refractivity contribution in [3.05, 3.63) is 88.4 Å². The van der Waals surface area contributed by atoms with Crippen LogP contribution in [0.4, 0.5) is 4.79 Å². The summed E-state index contributed by atoms with van der Waals surface area (Å²) in [6, 6.07) is 19.3. The Bertz CT molecular complexity index is 1170. The molecule has 2 aromatic carbocycles. The fraction of sp³-hybridized carbons (Fsp3) is 0.452. The second-order valence-corrected chi connectivity index (χ2v) is 11.4. The predicted molar refractivity (Wildman–Crippen MR) is 168 cm³/mol. The number of carbonyl (C=O) groups is 2. The van der Waals surface area contributed by atoms with E-state index in [-0.39, 0.29) is 37.0 Å². The molecular weight excluding hydrogens is 574 g/mol. The second-order valence-electron chi connectivity index (χ2n) is 10.4. The lowest BCUT2D eigenvalue weighted by Crippen LogP contribution is -2.48. The number of hydrogen-bond donors (Lipinski definition) is 3. The van der Waals surface area contributed by atoms with Gasteiger partial charge in [-0.05, 0) is 43.2 Å². The van der Waals surface area contributed by atoms with Gasteiger partial charge in [0.05, 0.1) is 29.6 Å². The van der Waals surface area contributed by atoms with Gasteiger partial charge in [-0.15, -0.1) is 23.7 Å². The first kappa shape index (κ1) is 33.5. The zero-order valence-electron chi connectivity index (χ0n) is 23.9. The molecule has 0 bridgehead atoms. The van der Waals surface area contributed by atoms with Crippen molar-refractivity contribution < 1.29 is 19.1 Å². The molecule has 1 saturated heterocycles. The highest BCUT2D eigenvalue weighted by Gasteiger charge is 2.22. The highest BCUT2D eigenvalue weighted by molar-refractivity contribution is 7.09. The van der Waals surface area contributed by atoms with Crippen LogP contribution in [0.2, 0.25) is 0 Å². The lowest BCUT2D eigenvalue weighted by atomic mass is 9.95. The monoisotopic (exact) mass is 615 g/mol. The molecule has 1 fully saturated rings. The maximum atomic E-state index is 13.2. The number of nitrogens with one attached hydrogen (secondary N) is 2. The SMILES string of the molecule is Cl.N[C@@H](CCN1CCOCC1)C(=O)N[C@H](CC[C@H](Cc1ccccc1)NC(=O)OCc1cncs1)Cc1ccccc1. The molecule has 9 nitrogen and oxygen atoms in total. The molecule has 228 valence electrons. The first-order valence-electron chi connectivity index (χ1n) is 14.3. The van der Waals surface area contributed by atoms with Gasteiger partial charge in [0.1, 0.15) is 6.61 Å². The normalized spacial score (nSPS) is 15.5. The predicted octanol–water partition coefficient (Wildman–Crippen LogP) is 3.96. The number of carbonyl (C=O) groups excluding carboxylic acids is 2. The number of halogens is 1. The Balaban J connectivity index is 0.00000484. The van der Waals surface area contributed by atoms with E-state index in [0.717, 1.165) is 48.9 Å². The van der Waals surface area contributed by atoms with E-state index in [4.69, 9.17) is 15.2 Å². The number of alkyl carbamates (subject to hydrolysis) is 1. The molecule has 2 heterocycles. The fourth-order valence-electron chi connectivity index (χ4n) is 4.89. The number of nitrogens with zero attached hydrogens (tertiary/aromatic N) is 2. The van der Waals surface area contributed by atoms with Gasteiger partial charge < -0.3 is 25.8 Å². The summed E-state index contributed by atoms with van der Waals surface area (Å²) >= 11 is 1.45. The van der Waals surface area contributed by atoms with Crippen LogP contribution in [0.5, 0.6) is 0 Å². The lowest BCUT2D eigenvalue weighted by molar-refractivity contribution is -0.123. The van der Waals surface area contributed by atoms with Crippen molar-refractivity contribution in [2.75, 3.05) is 32.8 Å². The molecule has 1 aromatic heterocycles. The molecule has 3 atom stereocenters. The van der Waals surface area contributed by atoms with Crippen LogP contribution in [0, 0.1) is 0 Å². The molecule has 4 N–H and O–H groups in total. The van der Waals surface area contributed by atoms with Crippen molar-refractivity contribution in [1.29, 1.82) is 0 Å². The van der Waals surface area contributed by atoms with Crippen LogP contribution in [0.25, 0.3) is 0 Å². The van der Waals surface area contributed by atoms with Gasteiger partial charge >= 0.3 is 6.09 Å². The number of ether oxygens (including phenoxy) is 2. The molecule has 1 aliphatic rings. The molecule has 1 aliphatic heterocycles. The average Bonchev–Trinajstić information content (AvgIpc) is 3.53. The number of aromatic nitrogens is 1. The Morgan fingerprint density at radius 2 is 1.52 bits per heavy atom. The van der Waals surface area contributed by atoms with Crippen LogP contribution in [-0.2, 0) is 33.7 Å². The van der Waals surface area contributed by atoms with Crippen molar-refractivity contribution >= 4 is 35.7 Å². The summed E-state index contributed by atoms with van der Waals surface area (Å²) in [7, 11) is 0. The maximum absolute atomic E-state index is 13.2. The smallest absolute Gasteiger partial charge is 0.407 e. The molecule has 0 radical (unpaired) electrons. The van der Waals surface area contributed by atoms with Crippen LogP contribution in [0.1, 0.15) is 35.3 Å². The number of morpholine rings is 1. The van der Waals surface area contributed by atoms with E-state index in [1.54, 1.807) is 11.7 Å². The Morgan fingerprint density at radius 3 is 2.10 bits per heavy atom. The fourth-order valence-corrected chi connectivity index (χ4v) is 5.40. The highest BCUT2D eigenvalue weighted by Crippen LogP contribution is 2.14. The Hall–Kier alpha value is -3.02. The second kappa shape index (κ2) is 18.5. The molecular formula is C31H42ClN5O4S. The van der Waals surface area contributed by atoms with Crippen LogP contribution < -0.4 is 16.4 Å². The number of rotatable bonds is 15. The third-order valence-electron chi connectivity index (χ3n) is 7.21. The Morgan fingerprint density at radius 1 is 0.929 bits per heavy atom. The number of nitrogens with two attached hydrogens (primary N) is 1. The van der Waals surface area contributed by atoms with Crippen LogP contribution in [0.15, 0.2) is 72.4 Å². The van der Waals surface area contributed by atoms with E-state index in [2.05, 4.69) is 32.7 Å². The van der Waals surface area contributed by atoms with Crippen molar-refractivity contribution in [1.82, 2.24) is 20.5 Å². The molecule has 0 aliphatic carbocycles. The summed E-state index contributed by atoms with van der Waals surface area (Å²) in [5.41, 5.74) is 10.3. The van der Waals surface area contributed by atoms with Crippen LogP contribution >= 0.6 is 23.7 Å². The number of benzene rings is 2. The van der Waals surface area contributed by atoms with E-state index in [9.17, 15) is 9.59 Å². The van der Waals surface area contributed by atoms with E-state index in [1.807, 2.05) is 48.5 Å². The lowest BCUT2D eigenvalue weighted by Gasteiger charge is -2.28. The molecule has 11 heteroatoms. The third-order valence-corrected chi connectivity index (χ3v) is 7.96. The summed E-state index contributed by atoms with van der Waals surface area (Å²) < 4.78 is 10.9. The number of thiazole rings is 1. The van der Waals surface area contributed by atoms with E-state index in [0.29, 0.717) is 32.1 Å². The largest absolute Gasteiger partial charge is 0.444 e. The summed E-state index contributed by atoms with van der Waals surface area (Å²) in [5, 5.41) is 6.26. The minimum Gasteiger partial charge on any atom is -0.444 e. The topological polar surface area (TPSA) is 119 Å². The molecule has 4 rings (SSSR count). The molecule has 0 unspecified atom stereocenters. The quantitative estimate of drug-likeness (QED) is 0.237. The minimum absolute atomic E-state index is 0. The van der Waals surface area contributed by atoms with Crippen molar-refractivity contribution in [3.63, 3.8) is 0 Å². The number of amides is 2. The van der Waals surface area contributed by atoms with Gasteiger partial charge in [-0.25, -0.2) is 4.79 Å². The van der Waals surface area contributed by atoms with Gasteiger partial charge in [0.25, 0.3) is 0 Å². The van der Waals surface area contributed by atoms with Gasteiger partial charge in [-0.1, -0.05) is 60.7 Å². The minimum atomic E-state index is -0.587. The third kappa shape index (κ3) is 12.1. The summed E-state index contributed by atoms with van der Waals surface area (Å²) in [4.78, 5) is 33.0. The Labute approximate surface area is 258 Å². The maximum Gasteiger partial charge on any atom is 0.407 e. The Kier molecular flexibility index (Phi) is 14.8. The molecule has 0 saturated carbocycles. The van der Waals surface area contributed by atoms with Crippen LogP contribution in [-0.4, -0.2) is 72.9 Å². The molecule has 0 spiro atoms. The van der Waals surface area contributed by atoms with E-state index >= 15 is 0 Å². The summed E-state index contributed by atoms with van der Waals surface area (Å²) in [6.07, 6.45) is 4.48. The van der Waals surface area contributed by atoms with Crippen molar-refractivity contribution in [2.45, 2.75) is 56.8 Å². The van der Waals surface area contributed by atoms with Gasteiger partial charge in [-0.3, -0.25) is 14.7 Å². The summed E-state index contributed by atoms with van der Waals surface area (Å²) in [5.74, 6) is -0.143. The zero-order valence-corrected chi connectivity index (χ0v) is 25.5. The van der Waals surface area contributed by atoms with Gasteiger partial charge in [0.2, 0.25) is 5.91 Å². The highest BCUT2D eigenvalue weighted by atomic mass is 35.5. The van der Waals surface area contributed by atoms with E-state index in [1.165, 1.54) is 11.3 Å². The van der Waals surface area contributed by atoms with Crippen molar-refractivity contribution in [2.24, 2.45) is 5.73 Å². The van der Waals surface area contributed by atoms with E-state index < -0.39 is 12.1 Å². The standard InChI is InChI=1S/C31H41N5O4S.ClH/c32-29(13-14-36-15-17-39-18-16-36)30(37)34-26(19-24-7-3-1-4-8-24)11-12-27(20-25-9-5-2-6-10-25)35-31(38)40-22-28-21-33-23-41-28;/h1-10,21,23,26-27,29H,11-20,22,32H2,(H,34,37)(H,35,38);1H/t26-,27-,29+;/m1./s1. The molecule has 3 aromatic rings. The first-order valence-corrected chi connectivity index (χ1v) is 15.2. The summed E-state index contributed by atoms with van der Waals surface area (Å²) in [6.45, 7) is 4.13. The zero-order chi connectivity index (χ0) is 28.7. The van der Waals surface area contributed by atoms with Gasteiger partial charge in [0, 0.05) is 37.9 Å². The van der Waals surface area contributed by atoms with Gasteiger partial charge in [-0.2, -0.15) is 0 Å². The van der Waals surface area contributed by atoms with Crippen molar-refractivity contribution in [3.8, 4) is 0 Å². The first-order chi connectivity index (χ1) is 20.0. The molecule has 42 heavy (non-hydrogen) atoms. The average molecular weight is 616 g/mol. The molecule has 2 amide bonds. The number of hydrogen-bond acceptors (Lipinski definition) is 8.